The van der Waals surface area contributed by atoms with E-state index in [9.17, 15) is 8.42 Å². The van der Waals surface area contributed by atoms with Crippen molar-refractivity contribution < 1.29 is 13.2 Å². The lowest BCUT2D eigenvalue weighted by Gasteiger charge is -2.32. The van der Waals surface area contributed by atoms with Crippen LogP contribution in [0.1, 0.15) is 24.5 Å². The fourth-order valence-electron chi connectivity index (χ4n) is 2.62. The average molecular weight is 299 g/mol. The third-order valence-corrected chi connectivity index (χ3v) is 4.72. The van der Waals surface area contributed by atoms with Crippen LogP contribution in [0.2, 0.25) is 0 Å². The van der Waals surface area contributed by atoms with Crippen molar-refractivity contribution in [2.24, 2.45) is 0 Å². The predicted octanol–water partition coefficient (Wildman–Crippen LogP) is 0.706. The Morgan fingerprint density at radius 2 is 2.30 bits per heavy atom. The van der Waals surface area contributed by atoms with Gasteiger partial charge in [0.25, 0.3) is 0 Å². The van der Waals surface area contributed by atoms with Crippen LogP contribution in [0.25, 0.3) is 0 Å². The molecule has 0 spiro atoms. The minimum Gasteiger partial charge on any atom is -0.383 e. The number of aromatic nitrogens is 2. The zero-order valence-corrected chi connectivity index (χ0v) is 12.8. The van der Waals surface area contributed by atoms with Crippen LogP contribution >= 0.6 is 0 Å². The first-order valence-corrected chi connectivity index (χ1v) is 8.62. The van der Waals surface area contributed by atoms with Crippen molar-refractivity contribution in [3.8, 4) is 0 Å². The smallest absolute Gasteiger partial charge is 0.178 e. The highest BCUT2D eigenvalue weighted by molar-refractivity contribution is 7.90. The highest BCUT2D eigenvalue weighted by Gasteiger charge is 2.27. The molecule has 2 heterocycles. The fourth-order valence-corrected chi connectivity index (χ4v) is 3.47. The van der Waals surface area contributed by atoms with Gasteiger partial charge in [0.15, 0.2) is 9.84 Å². The second-order valence-corrected chi connectivity index (χ2v) is 7.16. The molecule has 2 rings (SSSR count). The number of likely N-dealkylation sites (tertiary alicyclic amines) is 1. The molecule has 1 fully saturated rings. The molecule has 20 heavy (non-hydrogen) atoms. The maximum atomic E-state index is 11.8. The molecule has 0 unspecified atom stereocenters. The van der Waals surface area contributed by atoms with Gasteiger partial charge in [-0.2, -0.15) is 0 Å². The predicted molar refractivity (Wildman–Crippen MR) is 75.4 cm³/mol. The summed E-state index contributed by atoms with van der Waals surface area (Å²) in [5.41, 5.74) is 0.657. The molecule has 0 N–H and O–H groups in total. The monoisotopic (exact) mass is 299 g/mol. The van der Waals surface area contributed by atoms with Crippen LogP contribution in [0.3, 0.4) is 0 Å². The third-order valence-electron chi connectivity index (χ3n) is 3.61. The van der Waals surface area contributed by atoms with E-state index in [0.29, 0.717) is 12.3 Å². The van der Waals surface area contributed by atoms with Gasteiger partial charge in [0, 0.05) is 38.6 Å². The zero-order chi connectivity index (χ0) is 14.6. The molecule has 1 aromatic rings. The van der Waals surface area contributed by atoms with Gasteiger partial charge < -0.3 is 9.64 Å². The van der Waals surface area contributed by atoms with E-state index in [2.05, 4.69) is 14.9 Å². The van der Waals surface area contributed by atoms with Crippen LogP contribution in [-0.4, -0.2) is 62.9 Å². The molecular weight excluding hydrogens is 278 g/mol. The van der Waals surface area contributed by atoms with Crippen LogP contribution in [0.5, 0.6) is 0 Å². The summed E-state index contributed by atoms with van der Waals surface area (Å²) < 4.78 is 28.8. The van der Waals surface area contributed by atoms with E-state index >= 15 is 0 Å². The third kappa shape index (κ3) is 3.74. The minimum atomic E-state index is -3.29. The number of rotatable bonds is 5. The van der Waals surface area contributed by atoms with Gasteiger partial charge in [-0.05, 0) is 19.4 Å². The molecule has 0 bridgehead atoms. The second kappa shape index (κ2) is 6.60. The number of hydrogen-bond acceptors (Lipinski definition) is 6. The number of hydrogen-bond donors (Lipinski definition) is 0. The highest BCUT2D eigenvalue weighted by Crippen LogP contribution is 2.29. The van der Waals surface area contributed by atoms with E-state index in [0.717, 1.165) is 32.5 Å². The first kappa shape index (κ1) is 15.3. The number of piperidine rings is 1. The van der Waals surface area contributed by atoms with Crippen molar-refractivity contribution >= 4 is 9.84 Å². The van der Waals surface area contributed by atoms with Gasteiger partial charge >= 0.3 is 0 Å². The Balaban J connectivity index is 2.19. The van der Waals surface area contributed by atoms with Crippen LogP contribution < -0.4 is 0 Å². The summed E-state index contributed by atoms with van der Waals surface area (Å²) in [6.07, 6.45) is 6.05. The fraction of sp³-hybridized carbons (Fsp3) is 0.692. The SMILES string of the molecule is COCCN1CCC[C@H](c2ncncc2S(C)(=O)=O)C1. The van der Waals surface area contributed by atoms with E-state index in [1.807, 2.05) is 0 Å². The summed E-state index contributed by atoms with van der Waals surface area (Å²) in [4.78, 5) is 10.6. The summed E-state index contributed by atoms with van der Waals surface area (Å²) >= 11 is 0. The Hall–Kier alpha value is -1.05. The summed E-state index contributed by atoms with van der Waals surface area (Å²) in [7, 11) is -1.60. The Labute approximate surface area is 120 Å². The molecule has 1 aromatic heterocycles. The van der Waals surface area contributed by atoms with Crippen molar-refractivity contribution in [2.45, 2.75) is 23.7 Å². The van der Waals surface area contributed by atoms with Gasteiger partial charge in [-0.15, -0.1) is 0 Å². The molecule has 7 heteroatoms. The van der Waals surface area contributed by atoms with Gasteiger partial charge in [-0.1, -0.05) is 0 Å². The van der Waals surface area contributed by atoms with Gasteiger partial charge in [0.2, 0.25) is 0 Å². The Bertz CT molecular complexity index is 548. The first-order valence-electron chi connectivity index (χ1n) is 6.73. The van der Waals surface area contributed by atoms with Crippen molar-refractivity contribution in [3.63, 3.8) is 0 Å². The van der Waals surface area contributed by atoms with Crippen molar-refractivity contribution in [2.75, 3.05) is 39.6 Å². The molecule has 0 saturated carbocycles. The van der Waals surface area contributed by atoms with E-state index < -0.39 is 9.84 Å². The lowest BCUT2D eigenvalue weighted by Crippen LogP contribution is -2.37. The molecule has 6 nitrogen and oxygen atoms in total. The number of nitrogens with zero attached hydrogens (tertiary/aromatic N) is 3. The molecule has 0 radical (unpaired) electrons. The van der Waals surface area contributed by atoms with Crippen LogP contribution in [0, 0.1) is 0 Å². The molecule has 0 amide bonds. The molecule has 1 saturated heterocycles. The van der Waals surface area contributed by atoms with E-state index in [1.54, 1.807) is 7.11 Å². The average Bonchev–Trinajstić information content (AvgIpc) is 2.44. The van der Waals surface area contributed by atoms with Gasteiger partial charge in [-0.25, -0.2) is 18.4 Å². The summed E-state index contributed by atoms with van der Waals surface area (Å²) in [5, 5.41) is 0. The molecule has 1 atom stereocenters. The largest absolute Gasteiger partial charge is 0.383 e. The molecule has 0 aromatic carbocycles. The van der Waals surface area contributed by atoms with E-state index in [4.69, 9.17) is 4.74 Å². The number of methoxy groups -OCH3 is 1. The van der Waals surface area contributed by atoms with Crippen molar-refractivity contribution in [1.82, 2.24) is 14.9 Å². The molecule has 1 aliphatic rings. The Kier molecular flexibility index (Phi) is 5.06. The van der Waals surface area contributed by atoms with Gasteiger partial charge in [0.1, 0.15) is 11.2 Å². The minimum absolute atomic E-state index is 0.147. The molecule has 0 aliphatic carbocycles. The van der Waals surface area contributed by atoms with E-state index in [1.165, 1.54) is 18.8 Å². The normalized spacial score (nSPS) is 21.0. The van der Waals surface area contributed by atoms with Crippen LogP contribution in [0.4, 0.5) is 0 Å². The second-order valence-electron chi connectivity index (χ2n) is 5.18. The first-order chi connectivity index (χ1) is 9.52. The standard InChI is InChI=1S/C13H21N3O3S/c1-19-7-6-16-5-3-4-11(9-16)13-12(20(2,17)18)8-14-10-15-13/h8,10-11H,3-7,9H2,1-2H3/t11-/m0/s1. The zero-order valence-electron chi connectivity index (χ0n) is 11.9. The van der Waals surface area contributed by atoms with E-state index in [-0.39, 0.29) is 10.8 Å². The van der Waals surface area contributed by atoms with Crippen molar-refractivity contribution in [3.05, 3.63) is 18.2 Å². The lowest BCUT2D eigenvalue weighted by atomic mass is 9.94. The summed E-state index contributed by atoms with van der Waals surface area (Å²) in [6, 6.07) is 0. The van der Waals surface area contributed by atoms with Crippen molar-refractivity contribution in [1.29, 1.82) is 0 Å². The quantitative estimate of drug-likeness (QED) is 0.797. The highest BCUT2D eigenvalue weighted by atomic mass is 32.2. The summed E-state index contributed by atoms with van der Waals surface area (Å²) in [5.74, 6) is 0.147. The molecule has 112 valence electrons. The van der Waals surface area contributed by atoms with Crippen LogP contribution in [-0.2, 0) is 14.6 Å². The maximum Gasteiger partial charge on any atom is 0.178 e. The Morgan fingerprint density at radius 1 is 1.50 bits per heavy atom. The Morgan fingerprint density at radius 3 is 3.00 bits per heavy atom. The number of sulfone groups is 1. The maximum absolute atomic E-state index is 11.8. The molecular formula is C13H21N3O3S. The molecule has 1 aliphatic heterocycles. The summed E-state index contributed by atoms with van der Waals surface area (Å²) in [6.45, 7) is 3.41. The van der Waals surface area contributed by atoms with Gasteiger partial charge in [0.05, 0.1) is 12.3 Å². The topological polar surface area (TPSA) is 72.4 Å². The lowest BCUT2D eigenvalue weighted by molar-refractivity contribution is 0.127. The number of ether oxygens (including phenoxy) is 1. The van der Waals surface area contributed by atoms with Crippen LogP contribution in [0.15, 0.2) is 17.4 Å². The van der Waals surface area contributed by atoms with Gasteiger partial charge in [-0.3, -0.25) is 0 Å².